The van der Waals surface area contributed by atoms with Crippen LogP contribution in [0.2, 0.25) is 5.02 Å². The molecule has 0 bridgehead atoms. The first-order valence-electron chi connectivity index (χ1n) is 9.48. The Kier molecular flexibility index (Phi) is 5.32. The summed E-state index contributed by atoms with van der Waals surface area (Å²) >= 11 is 5.93. The number of hydrogen-bond acceptors (Lipinski definition) is 4. The largest absolute Gasteiger partial charge is 0.378 e. The average molecular weight is 386 g/mol. The number of aryl methyl sites for hydroxylation is 1. The van der Waals surface area contributed by atoms with Crippen LogP contribution in [0.3, 0.4) is 0 Å². The highest BCUT2D eigenvalue weighted by molar-refractivity contribution is 6.30. The van der Waals surface area contributed by atoms with Gasteiger partial charge < -0.3 is 15.0 Å². The van der Waals surface area contributed by atoms with E-state index in [1.54, 1.807) is 0 Å². The first-order chi connectivity index (χ1) is 13.1. The molecule has 2 aromatic rings. The van der Waals surface area contributed by atoms with Crippen molar-refractivity contribution < 1.29 is 9.53 Å². The van der Waals surface area contributed by atoms with Crippen LogP contribution >= 0.6 is 11.6 Å². The molecule has 4 rings (SSSR count). The highest BCUT2D eigenvalue weighted by Crippen LogP contribution is 2.43. The van der Waals surface area contributed by atoms with Crippen molar-refractivity contribution in [3.05, 3.63) is 57.7 Å². The molecule has 1 aliphatic carbocycles. The van der Waals surface area contributed by atoms with Gasteiger partial charge in [0.1, 0.15) is 5.82 Å². The molecule has 1 aromatic heterocycles. The molecule has 0 spiro atoms. The lowest BCUT2D eigenvalue weighted by Crippen LogP contribution is -2.37. The number of nitrogens with zero attached hydrogens (tertiary/aromatic N) is 2. The Bertz CT molecular complexity index is 828. The number of pyridine rings is 1. The number of aromatic nitrogens is 1. The van der Waals surface area contributed by atoms with Gasteiger partial charge in [0, 0.05) is 24.7 Å². The molecule has 6 heteroatoms. The molecule has 1 saturated heterocycles. The summed E-state index contributed by atoms with van der Waals surface area (Å²) in [7, 11) is 0. The number of amides is 1. The van der Waals surface area contributed by atoms with E-state index in [0.717, 1.165) is 67.3 Å². The smallest absolute Gasteiger partial charge is 0.253 e. The van der Waals surface area contributed by atoms with Gasteiger partial charge in [-0.1, -0.05) is 23.7 Å². The van der Waals surface area contributed by atoms with E-state index in [4.69, 9.17) is 21.3 Å². The zero-order chi connectivity index (χ0) is 18.8. The number of anilines is 1. The molecular formula is C21H24ClN3O2. The Labute approximate surface area is 164 Å². The Morgan fingerprint density at radius 2 is 1.96 bits per heavy atom. The zero-order valence-electron chi connectivity index (χ0n) is 15.5. The van der Waals surface area contributed by atoms with E-state index in [2.05, 4.69) is 16.3 Å². The lowest BCUT2D eigenvalue weighted by atomic mass is 10.0. The Hall–Kier alpha value is -2.11. The second-order valence-electron chi connectivity index (χ2n) is 7.21. The minimum absolute atomic E-state index is 0.0506. The number of rotatable bonds is 5. The predicted octanol–water partition coefficient (Wildman–Crippen LogP) is 3.69. The third-order valence-corrected chi connectivity index (χ3v) is 5.41. The Morgan fingerprint density at radius 1 is 1.26 bits per heavy atom. The van der Waals surface area contributed by atoms with Crippen molar-refractivity contribution in [3.8, 4) is 0 Å². The second-order valence-corrected chi connectivity index (χ2v) is 7.65. The van der Waals surface area contributed by atoms with Crippen LogP contribution in [0.25, 0.3) is 0 Å². The number of ether oxygens (including phenoxy) is 1. The Morgan fingerprint density at radius 3 is 2.63 bits per heavy atom. The number of hydrogen-bond donors (Lipinski definition) is 1. The standard InChI is InChI=1S/C21H24ClN3O2/c1-14-20(21(26)23-13-15-2-6-17(22)7-3-15)18(16-4-5-16)12-19(24-14)25-8-10-27-11-9-25/h2-3,6-7,12,16H,4-5,8-11,13H2,1H3,(H,23,26). The van der Waals surface area contributed by atoms with E-state index >= 15 is 0 Å². The molecular weight excluding hydrogens is 362 g/mol. The van der Waals surface area contributed by atoms with Crippen molar-refractivity contribution in [3.63, 3.8) is 0 Å². The SMILES string of the molecule is Cc1nc(N2CCOCC2)cc(C2CC2)c1C(=O)NCc1ccc(Cl)cc1. The van der Waals surface area contributed by atoms with Gasteiger partial charge in [0.05, 0.1) is 24.5 Å². The van der Waals surface area contributed by atoms with Gasteiger partial charge in [-0.05, 0) is 55.0 Å². The molecule has 1 aromatic carbocycles. The fourth-order valence-corrected chi connectivity index (χ4v) is 3.65. The summed E-state index contributed by atoms with van der Waals surface area (Å²) in [5.41, 5.74) is 3.70. The molecule has 1 saturated carbocycles. The quantitative estimate of drug-likeness (QED) is 0.852. The van der Waals surface area contributed by atoms with Crippen LogP contribution in [0.4, 0.5) is 5.82 Å². The molecule has 2 fully saturated rings. The number of nitrogens with one attached hydrogen (secondary N) is 1. The van der Waals surface area contributed by atoms with Crippen LogP contribution in [-0.2, 0) is 11.3 Å². The summed E-state index contributed by atoms with van der Waals surface area (Å²) in [6.07, 6.45) is 2.28. The molecule has 5 nitrogen and oxygen atoms in total. The van der Waals surface area contributed by atoms with Crippen LogP contribution in [-0.4, -0.2) is 37.2 Å². The molecule has 1 amide bonds. The molecule has 142 valence electrons. The van der Waals surface area contributed by atoms with Crippen molar-refractivity contribution in [1.82, 2.24) is 10.3 Å². The summed E-state index contributed by atoms with van der Waals surface area (Å²) in [5, 5.41) is 3.74. The summed E-state index contributed by atoms with van der Waals surface area (Å²) in [6, 6.07) is 9.65. The molecule has 0 radical (unpaired) electrons. The van der Waals surface area contributed by atoms with Crippen LogP contribution < -0.4 is 10.2 Å². The maximum absolute atomic E-state index is 12.9. The molecule has 1 N–H and O–H groups in total. The first-order valence-corrected chi connectivity index (χ1v) is 9.86. The highest BCUT2D eigenvalue weighted by atomic mass is 35.5. The third-order valence-electron chi connectivity index (χ3n) is 5.16. The van der Waals surface area contributed by atoms with E-state index in [1.165, 1.54) is 0 Å². The van der Waals surface area contributed by atoms with Crippen LogP contribution in [0.1, 0.15) is 45.9 Å². The number of carbonyl (C=O) groups excluding carboxylic acids is 1. The van der Waals surface area contributed by atoms with E-state index in [-0.39, 0.29) is 5.91 Å². The van der Waals surface area contributed by atoms with E-state index in [1.807, 2.05) is 31.2 Å². The van der Waals surface area contributed by atoms with Gasteiger partial charge in [-0.2, -0.15) is 0 Å². The van der Waals surface area contributed by atoms with Gasteiger partial charge in [-0.15, -0.1) is 0 Å². The number of morpholine rings is 1. The normalized spacial score (nSPS) is 17.0. The topological polar surface area (TPSA) is 54.5 Å². The van der Waals surface area contributed by atoms with E-state index in [9.17, 15) is 4.79 Å². The fourth-order valence-electron chi connectivity index (χ4n) is 3.52. The van der Waals surface area contributed by atoms with Crippen molar-refractivity contribution in [1.29, 1.82) is 0 Å². The monoisotopic (exact) mass is 385 g/mol. The maximum atomic E-state index is 12.9. The van der Waals surface area contributed by atoms with Gasteiger partial charge in [-0.3, -0.25) is 4.79 Å². The number of carbonyl (C=O) groups is 1. The van der Waals surface area contributed by atoms with Gasteiger partial charge in [0.25, 0.3) is 5.91 Å². The third kappa shape index (κ3) is 4.25. The van der Waals surface area contributed by atoms with Crippen molar-refractivity contribution in [2.45, 2.75) is 32.2 Å². The lowest BCUT2D eigenvalue weighted by molar-refractivity contribution is 0.0948. The average Bonchev–Trinajstić information content (AvgIpc) is 3.52. The van der Waals surface area contributed by atoms with Gasteiger partial charge >= 0.3 is 0 Å². The van der Waals surface area contributed by atoms with Gasteiger partial charge in [-0.25, -0.2) is 4.98 Å². The molecule has 2 aliphatic rings. The molecule has 2 heterocycles. The summed E-state index contributed by atoms with van der Waals surface area (Å²) < 4.78 is 5.44. The van der Waals surface area contributed by atoms with Gasteiger partial charge in [0.15, 0.2) is 0 Å². The van der Waals surface area contributed by atoms with E-state index < -0.39 is 0 Å². The van der Waals surface area contributed by atoms with Crippen LogP contribution in [0.5, 0.6) is 0 Å². The molecule has 1 aliphatic heterocycles. The number of halogens is 1. The zero-order valence-corrected chi connectivity index (χ0v) is 16.3. The van der Waals surface area contributed by atoms with E-state index in [0.29, 0.717) is 17.5 Å². The minimum Gasteiger partial charge on any atom is -0.378 e. The van der Waals surface area contributed by atoms with Crippen molar-refractivity contribution >= 4 is 23.3 Å². The van der Waals surface area contributed by atoms with Crippen molar-refractivity contribution in [2.24, 2.45) is 0 Å². The predicted molar refractivity (Wildman–Crippen MR) is 107 cm³/mol. The maximum Gasteiger partial charge on any atom is 0.253 e. The highest BCUT2D eigenvalue weighted by Gasteiger charge is 2.31. The minimum atomic E-state index is -0.0506. The second kappa shape index (κ2) is 7.87. The molecule has 27 heavy (non-hydrogen) atoms. The molecule has 0 unspecified atom stereocenters. The Balaban J connectivity index is 1.55. The van der Waals surface area contributed by atoms with Crippen LogP contribution in [0, 0.1) is 6.92 Å². The fraction of sp³-hybridized carbons (Fsp3) is 0.429. The van der Waals surface area contributed by atoms with Crippen molar-refractivity contribution in [2.75, 3.05) is 31.2 Å². The van der Waals surface area contributed by atoms with Gasteiger partial charge in [0.2, 0.25) is 0 Å². The number of benzene rings is 1. The lowest BCUT2D eigenvalue weighted by Gasteiger charge is -2.29. The molecule has 0 atom stereocenters. The van der Waals surface area contributed by atoms with Crippen LogP contribution in [0.15, 0.2) is 30.3 Å². The summed E-state index contributed by atoms with van der Waals surface area (Å²) in [4.78, 5) is 19.9. The first kappa shape index (κ1) is 18.3. The summed E-state index contributed by atoms with van der Waals surface area (Å²) in [5.74, 6) is 1.39. The summed E-state index contributed by atoms with van der Waals surface area (Å²) in [6.45, 7) is 5.56.